The number of carboxylic acids is 1. The van der Waals surface area contributed by atoms with Crippen LogP contribution in [0.2, 0.25) is 0 Å². The first kappa shape index (κ1) is 24.2. The molecule has 0 fully saturated rings. The topological polar surface area (TPSA) is 117 Å². The molecule has 8 nitrogen and oxygen atoms in total. The Balaban J connectivity index is 0.00000625. The summed E-state index contributed by atoms with van der Waals surface area (Å²) in [5, 5.41) is 15.7. The Labute approximate surface area is 174 Å². The van der Waals surface area contributed by atoms with Crippen LogP contribution in [0.5, 0.6) is 0 Å². The van der Waals surface area contributed by atoms with E-state index in [1.54, 1.807) is 45.0 Å². The van der Waals surface area contributed by atoms with Gasteiger partial charge in [0.1, 0.15) is 12.2 Å². The van der Waals surface area contributed by atoms with Gasteiger partial charge in [-0.15, -0.1) is 0 Å². The summed E-state index contributed by atoms with van der Waals surface area (Å²) in [6.07, 6.45) is -1.62. The van der Waals surface area contributed by atoms with Crippen molar-refractivity contribution in [3.63, 3.8) is 0 Å². The van der Waals surface area contributed by atoms with E-state index in [1.807, 2.05) is 6.07 Å². The van der Waals surface area contributed by atoms with E-state index in [9.17, 15) is 19.5 Å². The fraction of sp³-hybridized carbons (Fsp3) is 0.471. The third-order valence-electron chi connectivity index (χ3n) is 2.89. The van der Waals surface area contributed by atoms with Crippen molar-refractivity contribution < 1.29 is 58.5 Å². The normalized spacial score (nSPS) is 11.5. The maximum Gasteiger partial charge on any atom is 1.00 e. The van der Waals surface area contributed by atoms with E-state index in [-0.39, 0.29) is 49.1 Å². The van der Waals surface area contributed by atoms with Crippen molar-refractivity contribution in [1.29, 1.82) is 0 Å². The Hall–Kier alpha value is -1.77. The first-order chi connectivity index (χ1) is 11.7. The Morgan fingerprint density at radius 3 is 2.27 bits per heavy atom. The van der Waals surface area contributed by atoms with Crippen molar-refractivity contribution in [2.45, 2.75) is 45.4 Å². The zero-order valence-corrected chi connectivity index (χ0v) is 17.5. The molecule has 9 heteroatoms. The molecule has 2 amide bonds. The van der Waals surface area contributed by atoms with Gasteiger partial charge in [0, 0.05) is 6.54 Å². The van der Waals surface area contributed by atoms with E-state index in [1.165, 1.54) is 0 Å². The Morgan fingerprint density at radius 2 is 1.73 bits per heavy atom. The van der Waals surface area contributed by atoms with Crippen LogP contribution in [0.1, 0.15) is 32.8 Å². The van der Waals surface area contributed by atoms with Gasteiger partial charge in [0.2, 0.25) is 0 Å². The third kappa shape index (κ3) is 11.0. The van der Waals surface area contributed by atoms with Crippen molar-refractivity contribution in [3.05, 3.63) is 35.9 Å². The largest absolute Gasteiger partial charge is 1.00 e. The molecule has 1 atom stereocenters. The molecule has 0 aliphatic heterocycles. The van der Waals surface area contributed by atoms with E-state index in [0.29, 0.717) is 0 Å². The number of alkyl carbamates (subject to hydrolysis) is 2. The number of ether oxygens (including phenoxy) is 2. The molecule has 138 valence electrons. The Kier molecular flexibility index (Phi) is 11.0. The molecule has 1 aromatic rings. The van der Waals surface area contributed by atoms with Crippen LogP contribution in [0.4, 0.5) is 9.59 Å². The summed E-state index contributed by atoms with van der Waals surface area (Å²) in [7, 11) is 0. The standard InChI is InChI=1S/C17H24N2O6.Na/c1-17(2,3)25-15(22)18-10-9-13(14(20)21)19-16(23)24-11-12-7-5-4-6-8-12;/h4-8,13H,9-11H2,1-3H3,(H,18,22)(H,19,23)(H,20,21);/q;+1/p-1. The van der Waals surface area contributed by atoms with Gasteiger partial charge in [0.15, 0.2) is 0 Å². The molecule has 0 heterocycles. The number of amides is 2. The molecule has 2 N–H and O–H groups in total. The molecule has 1 aromatic carbocycles. The summed E-state index contributed by atoms with van der Waals surface area (Å²) >= 11 is 0. The monoisotopic (exact) mass is 374 g/mol. The minimum Gasteiger partial charge on any atom is -0.548 e. The number of aliphatic carboxylic acids is 1. The van der Waals surface area contributed by atoms with Gasteiger partial charge in [-0.05, 0) is 32.8 Å². The summed E-state index contributed by atoms with van der Waals surface area (Å²) in [5.41, 5.74) is 0.117. The van der Waals surface area contributed by atoms with Crippen LogP contribution >= 0.6 is 0 Å². The van der Waals surface area contributed by atoms with Crippen LogP contribution in [0.3, 0.4) is 0 Å². The van der Waals surface area contributed by atoms with Crippen molar-refractivity contribution in [2.24, 2.45) is 0 Å². The van der Waals surface area contributed by atoms with E-state index in [2.05, 4.69) is 10.6 Å². The van der Waals surface area contributed by atoms with Crippen LogP contribution in [0.15, 0.2) is 30.3 Å². The molecule has 0 saturated carbocycles. The predicted octanol–water partition coefficient (Wildman–Crippen LogP) is -2.05. The summed E-state index contributed by atoms with van der Waals surface area (Å²) in [6.45, 7) is 5.14. The quantitative estimate of drug-likeness (QED) is 0.531. The zero-order valence-electron chi connectivity index (χ0n) is 15.5. The van der Waals surface area contributed by atoms with Gasteiger partial charge in [-0.1, -0.05) is 30.3 Å². The minimum absolute atomic E-state index is 0. The Morgan fingerprint density at radius 1 is 1.12 bits per heavy atom. The van der Waals surface area contributed by atoms with E-state index in [0.717, 1.165) is 5.56 Å². The molecule has 0 bridgehead atoms. The van der Waals surface area contributed by atoms with Crippen molar-refractivity contribution in [1.82, 2.24) is 10.6 Å². The second-order valence-corrected chi connectivity index (χ2v) is 6.30. The average Bonchev–Trinajstić information content (AvgIpc) is 2.51. The number of nitrogens with one attached hydrogen (secondary N) is 2. The minimum atomic E-state index is -1.47. The van der Waals surface area contributed by atoms with Crippen LogP contribution in [-0.4, -0.2) is 36.3 Å². The number of carbonyl (C=O) groups is 3. The maximum atomic E-state index is 11.7. The number of hydrogen-bond acceptors (Lipinski definition) is 6. The van der Waals surface area contributed by atoms with Crippen molar-refractivity contribution in [2.75, 3.05) is 6.54 Å². The van der Waals surface area contributed by atoms with E-state index >= 15 is 0 Å². The number of rotatable bonds is 7. The van der Waals surface area contributed by atoms with Crippen molar-refractivity contribution >= 4 is 18.2 Å². The fourth-order valence-electron chi connectivity index (χ4n) is 1.79. The van der Waals surface area contributed by atoms with Gasteiger partial charge in [0.05, 0.1) is 12.0 Å². The first-order valence-electron chi connectivity index (χ1n) is 7.82. The fourth-order valence-corrected chi connectivity index (χ4v) is 1.79. The SMILES string of the molecule is CC(C)(C)OC(=O)NCCC(NC(=O)OCc1ccccc1)C(=O)[O-].[Na+]. The van der Waals surface area contributed by atoms with Gasteiger partial charge in [0.25, 0.3) is 0 Å². The maximum absolute atomic E-state index is 11.7. The van der Waals surface area contributed by atoms with Crippen molar-refractivity contribution in [3.8, 4) is 0 Å². The molecule has 26 heavy (non-hydrogen) atoms. The third-order valence-corrected chi connectivity index (χ3v) is 2.89. The van der Waals surface area contributed by atoms with E-state index < -0.39 is 29.8 Å². The molecule has 1 unspecified atom stereocenters. The summed E-state index contributed by atoms with van der Waals surface area (Å²) in [4.78, 5) is 34.3. The zero-order chi connectivity index (χ0) is 18.9. The average molecular weight is 374 g/mol. The second-order valence-electron chi connectivity index (χ2n) is 6.30. The molecular weight excluding hydrogens is 351 g/mol. The number of benzene rings is 1. The smallest absolute Gasteiger partial charge is 0.548 e. The molecule has 0 aliphatic rings. The molecule has 0 aromatic heterocycles. The molecule has 0 spiro atoms. The van der Waals surface area contributed by atoms with Gasteiger partial charge in [-0.3, -0.25) is 0 Å². The van der Waals surface area contributed by atoms with Crippen LogP contribution in [-0.2, 0) is 20.9 Å². The number of hydrogen-bond donors (Lipinski definition) is 2. The van der Waals surface area contributed by atoms with Gasteiger partial charge in [-0.2, -0.15) is 0 Å². The Bertz CT molecular complexity index is 589. The second kappa shape index (κ2) is 11.8. The van der Waals surface area contributed by atoms with E-state index in [4.69, 9.17) is 9.47 Å². The molecule has 1 rings (SSSR count). The van der Waals surface area contributed by atoms with Gasteiger partial charge < -0.3 is 30.0 Å². The number of carboxylic acid groups (broad SMARTS) is 1. The summed E-state index contributed by atoms with van der Waals surface area (Å²) in [6, 6.07) is 7.67. The van der Waals surface area contributed by atoms with Gasteiger partial charge in [-0.25, -0.2) is 9.59 Å². The molecular formula is C17H23N2NaO6. The first-order valence-corrected chi connectivity index (χ1v) is 7.82. The summed E-state index contributed by atoms with van der Waals surface area (Å²) in [5.74, 6) is -1.47. The van der Waals surface area contributed by atoms with Crippen LogP contribution in [0.25, 0.3) is 0 Å². The van der Waals surface area contributed by atoms with Crippen LogP contribution in [0, 0.1) is 0 Å². The molecule has 0 saturated heterocycles. The number of carbonyl (C=O) groups excluding carboxylic acids is 3. The molecule has 0 radical (unpaired) electrons. The van der Waals surface area contributed by atoms with Crippen LogP contribution < -0.4 is 45.3 Å². The van der Waals surface area contributed by atoms with Gasteiger partial charge >= 0.3 is 41.7 Å². The predicted molar refractivity (Wildman–Crippen MR) is 87.4 cm³/mol. The summed E-state index contributed by atoms with van der Waals surface area (Å²) < 4.78 is 9.97. The molecule has 0 aliphatic carbocycles.